The van der Waals surface area contributed by atoms with Crippen molar-refractivity contribution < 1.29 is 9.63 Å². The summed E-state index contributed by atoms with van der Waals surface area (Å²) in [5.74, 6) is -0.267. The Morgan fingerprint density at radius 2 is 2.40 bits per heavy atom. The molecule has 2 rings (SSSR count). The maximum atomic E-state index is 11.9. The molecule has 0 bridgehead atoms. The molecule has 0 radical (unpaired) electrons. The van der Waals surface area contributed by atoms with E-state index in [1.165, 1.54) is 5.06 Å². The predicted molar refractivity (Wildman–Crippen MR) is 54.0 cm³/mol. The highest BCUT2D eigenvalue weighted by Gasteiger charge is 2.24. The number of anilines is 1. The first kappa shape index (κ1) is 9.97. The fraction of sp³-hybridized carbons (Fsp3) is 0.556. The molecule has 0 aliphatic carbocycles. The summed E-state index contributed by atoms with van der Waals surface area (Å²) in [5, 5.41) is 7.88. The van der Waals surface area contributed by atoms with Crippen LogP contribution in [0.25, 0.3) is 0 Å². The lowest BCUT2D eigenvalue weighted by molar-refractivity contribution is -0.144. The summed E-state index contributed by atoms with van der Waals surface area (Å²) in [6, 6.07) is 0. The van der Waals surface area contributed by atoms with Gasteiger partial charge in [0.15, 0.2) is 5.69 Å². The fourth-order valence-electron chi connectivity index (χ4n) is 1.48. The van der Waals surface area contributed by atoms with Gasteiger partial charge in [-0.1, -0.05) is 0 Å². The number of aryl methyl sites for hydroxylation is 1. The van der Waals surface area contributed by atoms with Crippen LogP contribution >= 0.6 is 0 Å². The van der Waals surface area contributed by atoms with E-state index >= 15 is 0 Å². The van der Waals surface area contributed by atoms with E-state index in [2.05, 4.69) is 10.2 Å². The number of hydroxylamine groups is 2. The fourth-order valence-corrected chi connectivity index (χ4v) is 1.48. The first-order chi connectivity index (χ1) is 7.20. The number of aromatic nitrogens is 2. The Hall–Kier alpha value is -1.56. The quantitative estimate of drug-likeness (QED) is 0.705. The third-order valence-electron chi connectivity index (χ3n) is 2.43. The lowest BCUT2D eigenvalue weighted by Crippen LogP contribution is -2.36. The molecule has 15 heavy (non-hydrogen) atoms. The maximum absolute atomic E-state index is 11.9. The number of nitrogen functional groups attached to an aromatic ring is 1. The molecule has 2 heterocycles. The molecule has 82 valence electrons. The third kappa shape index (κ3) is 1.80. The van der Waals surface area contributed by atoms with Crippen molar-refractivity contribution in [3.05, 3.63) is 11.4 Å². The van der Waals surface area contributed by atoms with E-state index in [4.69, 9.17) is 10.6 Å². The molecule has 0 unspecified atom stereocenters. The van der Waals surface area contributed by atoms with E-state index in [1.54, 1.807) is 6.92 Å². The molecule has 1 aromatic heterocycles. The average molecular weight is 210 g/mol. The van der Waals surface area contributed by atoms with E-state index in [1.807, 2.05) is 0 Å². The number of carbonyl (C=O) groups excluding carboxylic acids is 1. The minimum Gasteiger partial charge on any atom is -0.395 e. The molecule has 1 aliphatic heterocycles. The van der Waals surface area contributed by atoms with Gasteiger partial charge in [0, 0.05) is 6.54 Å². The molecule has 0 spiro atoms. The molecule has 1 amide bonds. The smallest absolute Gasteiger partial charge is 0.300 e. The number of amides is 1. The highest BCUT2D eigenvalue weighted by Crippen LogP contribution is 2.17. The van der Waals surface area contributed by atoms with E-state index in [0.29, 0.717) is 24.5 Å². The highest BCUT2D eigenvalue weighted by molar-refractivity contribution is 5.97. The number of carbonyl (C=O) groups is 1. The minimum absolute atomic E-state index is 0.245. The molecule has 0 saturated carbocycles. The standard InChI is InChI=1S/C9H14N4O2/c1-6-7(10)8(12-11-6)9(14)13-4-2-3-5-15-13/h2-5,10H2,1H3,(H,11,12). The van der Waals surface area contributed by atoms with Gasteiger partial charge in [0.25, 0.3) is 5.91 Å². The van der Waals surface area contributed by atoms with Crippen LogP contribution in [-0.4, -0.2) is 34.3 Å². The lowest BCUT2D eigenvalue weighted by atomic mass is 10.2. The van der Waals surface area contributed by atoms with Gasteiger partial charge in [-0.3, -0.25) is 14.7 Å². The third-order valence-corrected chi connectivity index (χ3v) is 2.43. The molecule has 6 nitrogen and oxygen atoms in total. The number of nitrogens with two attached hydrogens (primary N) is 1. The minimum atomic E-state index is -0.267. The number of H-pyrrole nitrogens is 1. The van der Waals surface area contributed by atoms with Crippen LogP contribution in [0.2, 0.25) is 0 Å². The molecule has 1 fully saturated rings. The van der Waals surface area contributed by atoms with Crippen molar-refractivity contribution in [1.82, 2.24) is 15.3 Å². The Bertz CT molecular complexity index is 368. The van der Waals surface area contributed by atoms with Gasteiger partial charge in [-0.05, 0) is 19.8 Å². The Kier molecular flexibility index (Phi) is 2.59. The van der Waals surface area contributed by atoms with Crippen LogP contribution in [0.4, 0.5) is 5.69 Å². The molecule has 0 aromatic carbocycles. The summed E-state index contributed by atoms with van der Waals surface area (Å²) < 4.78 is 0. The van der Waals surface area contributed by atoms with E-state index in [0.717, 1.165) is 12.8 Å². The average Bonchev–Trinajstić information content (AvgIpc) is 2.60. The normalized spacial score (nSPS) is 16.7. The summed E-state index contributed by atoms with van der Waals surface area (Å²) >= 11 is 0. The Balaban J connectivity index is 2.16. The van der Waals surface area contributed by atoms with Crippen molar-refractivity contribution in [3.8, 4) is 0 Å². The van der Waals surface area contributed by atoms with Gasteiger partial charge in [-0.25, -0.2) is 5.06 Å². The van der Waals surface area contributed by atoms with Crippen LogP contribution in [0.3, 0.4) is 0 Å². The van der Waals surface area contributed by atoms with Crippen molar-refractivity contribution in [2.45, 2.75) is 19.8 Å². The van der Waals surface area contributed by atoms with Crippen LogP contribution in [0.15, 0.2) is 0 Å². The Morgan fingerprint density at radius 3 is 2.93 bits per heavy atom. The molecule has 0 atom stereocenters. The second kappa shape index (κ2) is 3.90. The zero-order valence-electron chi connectivity index (χ0n) is 8.62. The number of nitrogens with one attached hydrogen (secondary N) is 1. The van der Waals surface area contributed by atoms with Gasteiger partial charge in [-0.2, -0.15) is 5.10 Å². The van der Waals surface area contributed by atoms with Crippen LogP contribution < -0.4 is 5.73 Å². The summed E-state index contributed by atoms with van der Waals surface area (Å²) in [6.07, 6.45) is 1.94. The van der Waals surface area contributed by atoms with Crippen LogP contribution in [-0.2, 0) is 4.84 Å². The summed E-state index contributed by atoms with van der Waals surface area (Å²) in [7, 11) is 0. The van der Waals surface area contributed by atoms with Gasteiger partial charge in [0.05, 0.1) is 18.0 Å². The Morgan fingerprint density at radius 1 is 1.60 bits per heavy atom. The molecular formula is C9H14N4O2. The predicted octanol–water partition coefficient (Wildman–Crippen LogP) is 0.468. The number of nitrogens with zero attached hydrogens (tertiary/aromatic N) is 2. The molecule has 1 aliphatic rings. The summed E-state index contributed by atoms with van der Waals surface area (Å²) in [4.78, 5) is 17.1. The first-order valence-electron chi connectivity index (χ1n) is 4.95. The van der Waals surface area contributed by atoms with Gasteiger partial charge in [-0.15, -0.1) is 0 Å². The van der Waals surface area contributed by atoms with Gasteiger partial charge < -0.3 is 5.73 Å². The SMILES string of the molecule is Cc1[nH]nc(C(=O)N2CCCCO2)c1N. The van der Waals surface area contributed by atoms with Gasteiger partial charge >= 0.3 is 0 Å². The Labute approximate surface area is 87.3 Å². The lowest BCUT2D eigenvalue weighted by Gasteiger charge is -2.25. The van der Waals surface area contributed by atoms with Crippen LogP contribution in [0.1, 0.15) is 29.0 Å². The molecule has 6 heteroatoms. The second-order valence-electron chi connectivity index (χ2n) is 3.56. The number of hydrogen-bond acceptors (Lipinski definition) is 4. The number of rotatable bonds is 1. The highest BCUT2D eigenvalue weighted by atomic mass is 16.7. The molecule has 3 N–H and O–H groups in total. The van der Waals surface area contributed by atoms with Gasteiger partial charge in [0.2, 0.25) is 0 Å². The van der Waals surface area contributed by atoms with Crippen LogP contribution in [0.5, 0.6) is 0 Å². The van der Waals surface area contributed by atoms with Crippen molar-refractivity contribution in [2.24, 2.45) is 0 Å². The molecule has 1 aromatic rings. The first-order valence-corrected chi connectivity index (χ1v) is 4.95. The van der Waals surface area contributed by atoms with Crippen molar-refractivity contribution in [1.29, 1.82) is 0 Å². The van der Waals surface area contributed by atoms with E-state index in [-0.39, 0.29) is 11.6 Å². The largest absolute Gasteiger partial charge is 0.395 e. The van der Waals surface area contributed by atoms with Crippen LogP contribution in [0, 0.1) is 6.92 Å². The molecular weight excluding hydrogens is 196 g/mol. The number of hydrogen-bond donors (Lipinski definition) is 2. The van der Waals surface area contributed by atoms with Crippen molar-refractivity contribution in [2.75, 3.05) is 18.9 Å². The number of aromatic amines is 1. The topological polar surface area (TPSA) is 84.2 Å². The second-order valence-corrected chi connectivity index (χ2v) is 3.56. The summed E-state index contributed by atoms with van der Waals surface area (Å²) in [6.45, 7) is 2.95. The van der Waals surface area contributed by atoms with E-state index < -0.39 is 0 Å². The molecule has 1 saturated heterocycles. The monoisotopic (exact) mass is 210 g/mol. The van der Waals surface area contributed by atoms with E-state index in [9.17, 15) is 4.79 Å². The zero-order chi connectivity index (χ0) is 10.8. The summed E-state index contributed by atoms with van der Waals surface area (Å²) in [5.41, 5.74) is 7.06. The van der Waals surface area contributed by atoms with Crippen molar-refractivity contribution in [3.63, 3.8) is 0 Å². The maximum Gasteiger partial charge on any atom is 0.300 e. The van der Waals surface area contributed by atoms with Gasteiger partial charge in [0.1, 0.15) is 0 Å². The van der Waals surface area contributed by atoms with Crippen molar-refractivity contribution >= 4 is 11.6 Å². The zero-order valence-corrected chi connectivity index (χ0v) is 8.62.